The molecule has 1 amide bonds. The molecule has 0 aliphatic carbocycles. The molecule has 0 aromatic heterocycles. The molecule has 0 N–H and O–H groups in total. The van der Waals surface area contributed by atoms with Crippen molar-refractivity contribution in [1.29, 1.82) is 0 Å². The van der Waals surface area contributed by atoms with E-state index >= 15 is 0 Å². The second-order valence-corrected chi connectivity index (χ2v) is 4.21. The molecule has 16 heavy (non-hydrogen) atoms. The minimum Gasteiger partial charge on any atom is -0.341 e. The highest BCUT2D eigenvalue weighted by atomic mass is 19.2. The Morgan fingerprint density at radius 3 is 2.44 bits per heavy atom. The molecule has 0 bridgehead atoms. The molecule has 2 nitrogen and oxygen atoms in total. The van der Waals surface area contributed by atoms with Crippen molar-refractivity contribution in [3.63, 3.8) is 0 Å². The van der Waals surface area contributed by atoms with Crippen molar-refractivity contribution in [3.05, 3.63) is 35.4 Å². The third-order valence-electron chi connectivity index (χ3n) is 2.15. The maximum Gasteiger partial charge on any atom is 0.253 e. The Hall–Kier alpha value is -1.45. The Morgan fingerprint density at radius 2 is 1.94 bits per heavy atom. The molecule has 88 valence electrons. The van der Waals surface area contributed by atoms with Crippen LogP contribution in [0.3, 0.4) is 0 Å². The molecular formula is C12H15F2NO. The van der Waals surface area contributed by atoms with E-state index in [4.69, 9.17) is 0 Å². The van der Waals surface area contributed by atoms with E-state index in [0.717, 1.165) is 12.1 Å². The van der Waals surface area contributed by atoms with E-state index < -0.39 is 11.6 Å². The van der Waals surface area contributed by atoms with E-state index in [9.17, 15) is 13.6 Å². The molecule has 0 radical (unpaired) electrons. The molecule has 0 heterocycles. The number of nitrogens with zero attached hydrogens (tertiary/aromatic N) is 1. The number of carbonyl (C=O) groups excluding carboxylic acids is 1. The maximum atomic E-state index is 12.9. The first kappa shape index (κ1) is 12.6. The normalized spacial score (nSPS) is 10.6. The molecule has 0 spiro atoms. The van der Waals surface area contributed by atoms with Gasteiger partial charge in [0.25, 0.3) is 5.91 Å². The van der Waals surface area contributed by atoms with Crippen LogP contribution in [0.4, 0.5) is 8.78 Å². The van der Waals surface area contributed by atoms with Gasteiger partial charge in [0, 0.05) is 19.2 Å². The Balaban J connectivity index is 2.84. The van der Waals surface area contributed by atoms with Gasteiger partial charge in [-0.3, -0.25) is 4.79 Å². The van der Waals surface area contributed by atoms with Gasteiger partial charge in [-0.15, -0.1) is 0 Å². The molecule has 1 aromatic rings. The minimum atomic E-state index is -0.996. The largest absolute Gasteiger partial charge is 0.341 e. The quantitative estimate of drug-likeness (QED) is 0.777. The monoisotopic (exact) mass is 227 g/mol. The molecule has 0 saturated heterocycles. The minimum absolute atomic E-state index is 0.169. The van der Waals surface area contributed by atoms with Crippen LogP contribution in [-0.4, -0.2) is 24.4 Å². The summed E-state index contributed by atoms with van der Waals surface area (Å²) in [5, 5.41) is 0. The van der Waals surface area contributed by atoms with Crippen molar-refractivity contribution in [2.75, 3.05) is 13.6 Å². The van der Waals surface area contributed by atoms with Gasteiger partial charge in [0.05, 0.1) is 0 Å². The van der Waals surface area contributed by atoms with Crippen molar-refractivity contribution in [1.82, 2.24) is 4.90 Å². The Labute approximate surface area is 93.9 Å². The fourth-order valence-corrected chi connectivity index (χ4v) is 1.48. The third kappa shape index (κ3) is 3.02. The number of benzene rings is 1. The molecule has 1 rings (SSSR count). The summed E-state index contributed by atoms with van der Waals surface area (Å²) in [4.78, 5) is 13.3. The summed E-state index contributed by atoms with van der Waals surface area (Å²) in [7, 11) is 1.64. The molecule has 0 aliphatic heterocycles. The molecule has 0 atom stereocenters. The van der Waals surface area contributed by atoms with Crippen LogP contribution >= 0.6 is 0 Å². The Bertz CT molecular complexity index is 391. The lowest BCUT2D eigenvalue weighted by atomic mass is 10.1. The maximum absolute atomic E-state index is 12.9. The average Bonchev–Trinajstić information content (AvgIpc) is 2.20. The lowest BCUT2D eigenvalue weighted by molar-refractivity contribution is 0.0778. The fourth-order valence-electron chi connectivity index (χ4n) is 1.48. The van der Waals surface area contributed by atoms with Crippen LogP contribution in [-0.2, 0) is 0 Å². The van der Waals surface area contributed by atoms with Crippen molar-refractivity contribution in [2.24, 2.45) is 5.92 Å². The first-order chi connectivity index (χ1) is 7.41. The molecule has 1 aromatic carbocycles. The molecule has 0 fully saturated rings. The van der Waals surface area contributed by atoms with Gasteiger partial charge in [-0.1, -0.05) is 13.8 Å². The highest BCUT2D eigenvalue weighted by molar-refractivity contribution is 5.94. The van der Waals surface area contributed by atoms with Crippen LogP contribution in [0.15, 0.2) is 18.2 Å². The van der Waals surface area contributed by atoms with E-state index in [1.54, 1.807) is 7.05 Å². The van der Waals surface area contributed by atoms with Crippen molar-refractivity contribution in [3.8, 4) is 0 Å². The van der Waals surface area contributed by atoms with Crippen LogP contribution in [0.2, 0.25) is 0 Å². The number of carbonyl (C=O) groups is 1. The lowest BCUT2D eigenvalue weighted by Gasteiger charge is -2.19. The van der Waals surface area contributed by atoms with Gasteiger partial charge in [0.15, 0.2) is 11.6 Å². The predicted molar refractivity (Wildman–Crippen MR) is 58.2 cm³/mol. The standard InChI is InChI=1S/C12H15F2NO/c1-8(2)7-15(3)12(16)9-4-5-10(13)11(14)6-9/h4-6,8H,7H2,1-3H3. The number of hydrogen-bond acceptors (Lipinski definition) is 1. The van der Waals surface area contributed by atoms with Gasteiger partial charge < -0.3 is 4.90 Å². The Kier molecular flexibility index (Phi) is 3.99. The van der Waals surface area contributed by atoms with Crippen LogP contribution in [0.25, 0.3) is 0 Å². The second-order valence-electron chi connectivity index (χ2n) is 4.21. The van der Waals surface area contributed by atoms with E-state index in [2.05, 4.69) is 0 Å². The number of amides is 1. The van der Waals surface area contributed by atoms with Crippen LogP contribution in [0.5, 0.6) is 0 Å². The molecule has 0 saturated carbocycles. The van der Waals surface area contributed by atoms with Crippen LogP contribution in [0, 0.1) is 17.6 Å². The van der Waals surface area contributed by atoms with Crippen LogP contribution < -0.4 is 0 Å². The summed E-state index contributed by atoms with van der Waals surface area (Å²) in [5.74, 6) is -1.90. The summed E-state index contributed by atoms with van der Waals surface area (Å²) in [6.45, 7) is 4.54. The van der Waals surface area contributed by atoms with E-state index in [-0.39, 0.29) is 11.5 Å². The number of halogens is 2. The van der Waals surface area contributed by atoms with Gasteiger partial charge in [-0.25, -0.2) is 8.78 Å². The number of rotatable bonds is 3. The predicted octanol–water partition coefficient (Wildman–Crippen LogP) is 2.69. The van der Waals surface area contributed by atoms with E-state index in [1.807, 2.05) is 13.8 Å². The highest BCUT2D eigenvalue weighted by Crippen LogP contribution is 2.11. The summed E-state index contributed by atoms with van der Waals surface area (Å²) in [5.41, 5.74) is 0.169. The van der Waals surface area contributed by atoms with E-state index in [1.165, 1.54) is 11.0 Å². The zero-order valence-corrected chi connectivity index (χ0v) is 9.63. The van der Waals surface area contributed by atoms with Crippen LogP contribution in [0.1, 0.15) is 24.2 Å². The zero-order chi connectivity index (χ0) is 12.3. The van der Waals surface area contributed by atoms with Gasteiger partial charge in [-0.2, -0.15) is 0 Å². The number of hydrogen-bond donors (Lipinski definition) is 0. The van der Waals surface area contributed by atoms with Gasteiger partial charge >= 0.3 is 0 Å². The van der Waals surface area contributed by atoms with Gasteiger partial charge in [0.1, 0.15) is 0 Å². The summed E-state index contributed by atoms with van der Waals surface area (Å²) >= 11 is 0. The second kappa shape index (κ2) is 5.05. The van der Waals surface area contributed by atoms with Crippen molar-refractivity contribution < 1.29 is 13.6 Å². The SMILES string of the molecule is CC(C)CN(C)C(=O)c1ccc(F)c(F)c1. The zero-order valence-electron chi connectivity index (χ0n) is 9.63. The smallest absolute Gasteiger partial charge is 0.253 e. The summed E-state index contributed by atoms with van der Waals surface area (Å²) in [6, 6.07) is 3.18. The van der Waals surface area contributed by atoms with Crippen molar-refractivity contribution in [2.45, 2.75) is 13.8 Å². The lowest BCUT2D eigenvalue weighted by Crippen LogP contribution is -2.30. The highest BCUT2D eigenvalue weighted by Gasteiger charge is 2.14. The fraction of sp³-hybridized carbons (Fsp3) is 0.417. The van der Waals surface area contributed by atoms with Crippen molar-refractivity contribution >= 4 is 5.91 Å². The summed E-state index contributed by atoms with van der Waals surface area (Å²) in [6.07, 6.45) is 0. The average molecular weight is 227 g/mol. The topological polar surface area (TPSA) is 20.3 Å². The van der Waals surface area contributed by atoms with Gasteiger partial charge in [0.2, 0.25) is 0 Å². The first-order valence-corrected chi connectivity index (χ1v) is 5.12. The molecular weight excluding hydrogens is 212 g/mol. The third-order valence-corrected chi connectivity index (χ3v) is 2.15. The molecule has 0 unspecified atom stereocenters. The van der Waals surface area contributed by atoms with E-state index in [0.29, 0.717) is 12.5 Å². The summed E-state index contributed by atoms with van der Waals surface area (Å²) < 4.78 is 25.6. The Morgan fingerprint density at radius 1 is 1.31 bits per heavy atom. The molecule has 4 heteroatoms. The van der Waals surface area contributed by atoms with Gasteiger partial charge in [-0.05, 0) is 24.1 Å². The molecule has 0 aliphatic rings. The first-order valence-electron chi connectivity index (χ1n) is 5.12.